The van der Waals surface area contributed by atoms with E-state index in [1.165, 1.54) is 11.3 Å². The molecule has 2 amide bonds. The lowest BCUT2D eigenvalue weighted by atomic mass is 9.85. The summed E-state index contributed by atoms with van der Waals surface area (Å²) in [6, 6.07) is 2.54. The third-order valence-corrected chi connectivity index (χ3v) is 4.77. The third kappa shape index (κ3) is 4.88. The maximum absolute atomic E-state index is 12.7. The molecule has 1 aromatic heterocycles. The van der Waals surface area contributed by atoms with Crippen LogP contribution in [0, 0.1) is 5.92 Å². The second kappa shape index (κ2) is 7.32. The molecule has 0 saturated heterocycles. The molecule has 1 saturated carbocycles. The Hall–Kier alpha value is -1.28. The third-order valence-electron chi connectivity index (χ3n) is 3.80. The van der Waals surface area contributed by atoms with Crippen molar-refractivity contribution in [3.05, 3.63) is 22.4 Å². The zero-order chi connectivity index (χ0) is 16.2. The highest BCUT2D eigenvalue weighted by atomic mass is 32.1. The molecule has 1 aliphatic carbocycles. The van der Waals surface area contributed by atoms with Gasteiger partial charge in [-0.25, -0.2) is 4.79 Å². The van der Waals surface area contributed by atoms with Crippen LogP contribution < -0.4 is 10.6 Å². The summed E-state index contributed by atoms with van der Waals surface area (Å²) in [6.07, 6.45) is -3.96. The molecule has 4 nitrogen and oxygen atoms in total. The van der Waals surface area contributed by atoms with Crippen LogP contribution in [0.5, 0.6) is 0 Å². The molecule has 3 atom stereocenters. The Labute approximate surface area is 130 Å². The number of urea groups is 1. The first kappa shape index (κ1) is 17.1. The molecule has 3 N–H and O–H groups in total. The summed E-state index contributed by atoms with van der Waals surface area (Å²) < 4.78 is 38.1. The second-order valence-electron chi connectivity index (χ2n) is 5.49. The molecule has 0 spiro atoms. The van der Waals surface area contributed by atoms with E-state index in [4.69, 9.17) is 0 Å². The van der Waals surface area contributed by atoms with Crippen LogP contribution in [-0.4, -0.2) is 29.9 Å². The molecule has 1 fully saturated rings. The van der Waals surface area contributed by atoms with E-state index >= 15 is 0 Å². The fourth-order valence-electron chi connectivity index (χ4n) is 2.63. The molecule has 0 radical (unpaired) electrons. The number of carbonyl (C=O) groups is 1. The first-order valence-corrected chi connectivity index (χ1v) is 8.06. The number of amides is 2. The summed E-state index contributed by atoms with van der Waals surface area (Å²) in [5.74, 6) is -1.34. The van der Waals surface area contributed by atoms with Crippen molar-refractivity contribution in [3.8, 4) is 0 Å². The van der Waals surface area contributed by atoms with Gasteiger partial charge in [0.2, 0.25) is 0 Å². The first-order valence-electron chi connectivity index (χ1n) is 7.19. The van der Waals surface area contributed by atoms with E-state index in [9.17, 15) is 23.1 Å². The van der Waals surface area contributed by atoms with Gasteiger partial charge in [0, 0.05) is 10.9 Å². The maximum Gasteiger partial charge on any atom is 0.391 e. The molecule has 0 aromatic carbocycles. The molecule has 8 heteroatoms. The van der Waals surface area contributed by atoms with E-state index in [0.29, 0.717) is 12.8 Å². The Morgan fingerprint density at radius 2 is 2.23 bits per heavy atom. The number of rotatable bonds is 4. The molecular weight excluding hydrogens is 317 g/mol. The average molecular weight is 336 g/mol. The second-order valence-corrected chi connectivity index (χ2v) is 6.47. The highest BCUT2D eigenvalue weighted by Gasteiger charge is 2.42. The predicted molar refractivity (Wildman–Crippen MR) is 77.6 cm³/mol. The fourth-order valence-corrected chi connectivity index (χ4v) is 3.34. The minimum absolute atomic E-state index is 0.0295. The number of aliphatic hydroxyl groups is 1. The number of aliphatic hydroxyl groups excluding tert-OH is 1. The lowest BCUT2D eigenvalue weighted by Crippen LogP contribution is -2.46. The van der Waals surface area contributed by atoms with Crippen LogP contribution in [0.3, 0.4) is 0 Å². The van der Waals surface area contributed by atoms with E-state index in [-0.39, 0.29) is 19.4 Å². The van der Waals surface area contributed by atoms with Gasteiger partial charge in [-0.05, 0) is 30.7 Å². The Morgan fingerprint density at radius 3 is 2.86 bits per heavy atom. The van der Waals surface area contributed by atoms with Crippen molar-refractivity contribution in [2.24, 2.45) is 5.92 Å². The predicted octanol–water partition coefficient (Wildman–Crippen LogP) is 3.20. The monoisotopic (exact) mass is 336 g/mol. The summed E-state index contributed by atoms with van der Waals surface area (Å²) in [6.45, 7) is 0.0295. The van der Waals surface area contributed by atoms with Gasteiger partial charge in [-0.3, -0.25) is 0 Å². The van der Waals surface area contributed by atoms with Crippen molar-refractivity contribution >= 4 is 17.4 Å². The highest BCUT2D eigenvalue weighted by molar-refractivity contribution is 7.10. The van der Waals surface area contributed by atoms with Crippen LogP contribution in [-0.2, 0) is 0 Å². The zero-order valence-electron chi connectivity index (χ0n) is 11.9. The number of hydrogen-bond donors (Lipinski definition) is 3. The lowest BCUT2D eigenvalue weighted by molar-refractivity contribution is -0.183. The topological polar surface area (TPSA) is 61.4 Å². The number of carbonyl (C=O) groups excluding carboxylic acids is 1. The van der Waals surface area contributed by atoms with Crippen LogP contribution in [0.4, 0.5) is 18.0 Å². The zero-order valence-corrected chi connectivity index (χ0v) is 12.7. The maximum atomic E-state index is 12.7. The van der Waals surface area contributed by atoms with E-state index in [1.54, 1.807) is 12.1 Å². The molecule has 1 aliphatic rings. The van der Waals surface area contributed by atoms with Crippen LogP contribution in [0.25, 0.3) is 0 Å². The van der Waals surface area contributed by atoms with Gasteiger partial charge >= 0.3 is 12.2 Å². The van der Waals surface area contributed by atoms with Gasteiger partial charge in [0.1, 0.15) is 6.10 Å². The molecule has 1 aromatic rings. The SMILES string of the molecule is O=C(NC[C@H](O)c1cccs1)N[C@H]1CCC[C@@H](C(F)(F)F)C1. The summed E-state index contributed by atoms with van der Waals surface area (Å²) in [4.78, 5) is 12.5. The van der Waals surface area contributed by atoms with Crippen LogP contribution >= 0.6 is 11.3 Å². The van der Waals surface area contributed by atoms with Crippen molar-refractivity contribution in [2.45, 2.75) is 44.0 Å². The summed E-state index contributed by atoms with van der Waals surface area (Å²) in [5, 5.41) is 16.7. The standard InChI is InChI=1S/C14H19F3N2O2S/c15-14(16,17)9-3-1-4-10(7-9)19-13(21)18-8-11(20)12-5-2-6-22-12/h2,5-6,9-11,20H,1,3-4,7-8H2,(H2,18,19,21)/t9-,10+,11+/m1/s1. The minimum atomic E-state index is -4.20. The van der Waals surface area contributed by atoms with Gasteiger partial charge in [0.15, 0.2) is 0 Å². The highest BCUT2D eigenvalue weighted by Crippen LogP contribution is 2.37. The van der Waals surface area contributed by atoms with Gasteiger partial charge in [-0.2, -0.15) is 13.2 Å². The number of alkyl halides is 3. The Morgan fingerprint density at radius 1 is 1.45 bits per heavy atom. The average Bonchev–Trinajstić information content (AvgIpc) is 2.98. The van der Waals surface area contributed by atoms with Crippen LogP contribution in [0.15, 0.2) is 17.5 Å². The van der Waals surface area contributed by atoms with Crippen molar-refractivity contribution in [2.75, 3.05) is 6.54 Å². The van der Waals surface area contributed by atoms with Gasteiger partial charge in [-0.15, -0.1) is 11.3 Å². The lowest BCUT2D eigenvalue weighted by Gasteiger charge is -2.31. The molecule has 0 aliphatic heterocycles. The number of halogens is 3. The Bertz CT molecular complexity index is 479. The van der Waals surface area contributed by atoms with E-state index in [2.05, 4.69) is 10.6 Å². The molecule has 0 bridgehead atoms. The van der Waals surface area contributed by atoms with Gasteiger partial charge in [0.25, 0.3) is 0 Å². The van der Waals surface area contributed by atoms with Crippen LogP contribution in [0.2, 0.25) is 0 Å². The molecule has 0 unspecified atom stereocenters. The first-order chi connectivity index (χ1) is 10.4. The van der Waals surface area contributed by atoms with Gasteiger partial charge < -0.3 is 15.7 Å². The van der Waals surface area contributed by atoms with Gasteiger partial charge in [0.05, 0.1) is 12.5 Å². The summed E-state index contributed by atoms with van der Waals surface area (Å²) >= 11 is 1.37. The fraction of sp³-hybridized carbons (Fsp3) is 0.643. The molecule has 124 valence electrons. The van der Waals surface area contributed by atoms with Crippen molar-refractivity contribution in [3.63, 3.8) is 0 Å². The normalized spacial score (nSPS) is 23.8. The number of hydrogen-bond acceptors (Lipinski definition) is 3. The van der Waals surface area contributed by atoms with Crippen molar-refractivity contribution < 1.29 is 23.1 Å². The Kier molecular flexibility index (Phi) is 5.69. The molecule has 1 heterocycles. The molecule has 22 heavy (non-hydrogen) atoms. The number of thiophene rings is 1. The van der Waals surface area contributed by atoms with Crippen molar-refractivity contribution in [1.82, 2.24) is 10.6 Å². The van der Waals surface area contributed by atoms with E-state index in [0.717, 1.165) is 4.88 Å². The Balaban J connectivity index is 1.75. The van der Waals surface area contributed by atoms with E-state index in [1.807, 2.05) is 5.38 Å². The molecular formula is C14H19F3N2O2S. The largest absolute Gasteiger partial charge is 0.391 e. The van der Waals surface area contributed by atoms with Crippen LogP contribution in [0.1, 0.15) is 36.7 Å². The summed E-state index contributed by atoms with van der Waals surface area (Å²) in [7, 11) is 0. The van der Waals surface area contributed by atoms with Gasteiger partial charge in [-0.1, -0.05) is 12.5 Å². The number of nitrogens with one attached hydrogen (secondary N) is 2. The van der Waals surface area contributed by atoms with Crippen molar-refractivity contribution in [1.29, 1.82) is 0 Å². The smallest absolute Gasteiger partial charge is 0.386 e. The molecule has 2 rings (SSSR count). The van der Waals surface area contributed by atoms with E-state index < -0.39 is 30.3 Å². The minimum Gasteiger partial charge on any atom is -0.386 e. The summed E-state index contributed by atoms with van der Waals surface area (Å²) in [5.41, 5.74) is 0. The quantitative estimate of drug-likeness (QED) is 0.791.